The minimum atomic E-state index is -0.879. The topological polar surface area (TPSA) is 37.3 Å². The highest BCUT2D eigenvalue weighted by atomic mass is 35.5. The van der Waals surface area contributed by atoms with Crippen molar-refractivity contribution in [2.45, 2.75) is 19.3 Å². The van der Waals surface area contributed by atoms with Crippen LogP contribution in [0.1, 0.15) is 22.6 Å². The van der Waals surface area contributed by atoms with Gasteiger partial charge >= 0.3 is 5.97 Å². The molecule has 4 heteroatoms. The van der Waals surface area contributed by atoms with Crippen molar-refractivity contribution in [2.75, 3.05) is 0 Å². The van der Waals surface area contributed by atoms with Gasteiger partial charge in [0, 0.05) is 10.0 Å². The highest BCUT2D eigenvalue weighted by Gasteiger charge is 2.23. The zero-order valence-electron chi connectivity index (χ0n) is 10.9. The lowest BCUT2D eigenvalue weighted by molar-refractivity contribution is -0.138. The molecule has 0 saturated carbocycles. The molecule has 0 bridgehead atoms. The lowest BCUT2D eigenvalue weighted by Gasteiger charge is -2.17. The molecule has 0 saturated heterocycles. The number of hydrogen-bond donors (Lipinski definition) is 1. The molecule has 0 fully saturated rings. The molecule has 1 N–H and O–H groups in total. The van der Waals surface area contributed by atoms with E-state index in [0.29, 0.717) is 15.6 Å². The standard InChI is InChI=1S/C16H14Cl2O2/c1-10-5-2-3-6-11(10)12(16(19)20)9-13-14(17)7-4-8-15(13)18/h2-8,12H,9H2,1H3,(H,19,20). The third-order valence-electron chi connectivity index (χ3n) is 3.33. The summed E-state index contributed by atoms with van der Waals surface area (Å²) >= 11 is 12.3. The largest absolute Gasteiger partial charge is 0.481 e. The predicted octanol–water partition coefficient (Wildman–Crippen LogP) is 4.71. The van der Waals surface area contributed by atoms with Gasteiger partial charge in [-0.15, -0.1) is 0 Å². The predicted molar refractivity (Wildman–Crippen MR) is 81.7 cm³/mol. The smallest absolute Gasteiger partial charge is 0.311 e. The summed E-state index contributed by atoms with van der Waals surface area (Å²) in [4.78, 5) is 11.6. The maximum atomic E-state index is 11.6. The van der Waals surface area contributed by atoms with Crippen molar-refractivity contribution in [1.82, 2.24) is 0 Å². The Labute approximate surface area is 128 Å². The van der Waals surface area contributed by atoms with Crippen molar-refractivity contribution >= 4 is 29.2 Å². The van der Waals surface area contributed by atoms with E-state index in [-0.39, 0.29) is 6.42 Å². The highest BCUT2D eigenvalue weighted by molar-refractivity contribution is 6.36. The van der Waals surface area contributed by atoms with E-state index in [1.807, 2.05) is 31.2 Å². The van der Waals surface area contributed by atoms with E-state index in [1.54, 1.807) is 18.2 Å². The third kappa shape index (κ3) is 3.14. The first-order chi connectivity index (χ1) is 9.50. The number of carboxylic acids is 1. The summed E-state index contributed by atoms with van der Waals surface area (Å²) in [6, 6.07) is 12.7. The van der Waals surface area contributed by atoms with Crippen LogP contribution in [-0.4, -0.2) is 11.1 Å². The monoisotopic (exact) mass is 308 g/mol. The zero-order chi connectivity index (χ0) is 14.7. The summed E-state index contributed by atoms with van der Waals surface area (Å²) in [6.45, 7) is 1.90. The first-order valence-corrected chi connectivity index (χ1v) is 6.97. The number of carbonyl (C=O) groups is 1. The lowest BCUT2D eigenvalue weighted by atomic mass is 9.89. The molecule has 0 amide bonds. The van der Waals surface area contributed by atoms with E-state index in [0.717, 1.165) is 11.1 Å². The van der Waals surface area contributed by atoms with Crippen LogP contribution in [0.2, 0.25) is 10.0 Å². The summed E-state index contributed by atoms with van der Waals surface area (Å²) in [5, 5.41) is 10.5. The summed E-state index contributed by atoms with van der Waals surface area (Å²) in [7, 11) is 0. The molecule has 0 aliphatic heterocycles. The molecule has 2 aromatic rings. The van der Waals surface area contributed by atoms with Crippen LogP contribution >= 0.6 is 23.2 Å². The van der Waals surface area contributed by atoms with Gasteiger partial charge in [-0.3, -0.25) is 4.79 Å². The second kappa shape index (κ2) is 6.29. The molecular weight excluding hydrogens is 295 g/mol. The van der Waals surface area contributed by atoms with Crippen LogP contribution in [0.5, 0.6) is 0 Å². The molecule has 1 atom stereocenters. The Kier molecular flexibility index (Phi) is 4.69. The molecular formula is C16H14Cl2O2. The normalized spacial score (nSPS) is 12.2. The molecule has 1 unspecified atom stereocenters. The van der Waals surface area contributed by atoms with Gasteiger partial charge in [0.25, 0.3) is 0 Å². The van der Waals surface area contributed by atoms with Crippen molar-refractivity contribution in [3.05, 3.63) is 69.2 Å². The van der Waals surface area contributed by atoms with E-state index < -0.39 is 11.9 Å². The van der Waals surface area contributed by atoms with Crippen molar-refractivity contribution in [3.8, 4) is 0 Å². The van der Waals surface area contributed by atoms with Gasteiger partial charge in [0.15, 0.2) is 0 Å². The van der Waals surface area contributed by atoms with Gasteiger partial charge in [-0.2, -0.15) is 0 Å². The summed E-state index contributed by atoms with van der Waals surface area (Å²) < 4.78 is 0. The second-order valence-electron chi connectivity index (χ2n) is 4.65. The SMILES string of the molecule is Cc1ccccc1C(Cc1c(Cl)cccc1Cl)C(=O)O. The molecule has 0 heterocycles. The van der Waals surface area contributed by atoms with Gasteiger partial charge < -0.3 is 5.11 Å². The molecule has 0 aromatic heterocycles. The first-order valence-electron chi connectivity index (χ1n) is 6.22. The maximum Gasteiger partial charge on any atom is 0.311 e. The molecule has 2 nitrogen and oxygen atoms in total. The number of halogens is 2. The van der Waals surface area contributed by atoms with E-state index in [4.69, 9.17) is 23.2 Å². The van der Waals surface area contributed by atoms with Gasteiger partial charge in [0.05, 0.1) is 5.92 Å². The number of aliphatic carboxylic acids is 1. The average molecular weight is 309 g/mol. The van der Waals surface area contributed by atoms with E-state index in [1.165, 1.54) is 0 Å². The Morgan fingerprint density at radius 1 is 1.10 bits per heavy atom. The third-order valence-corrected chi connectivity index (χ3v) is 4.04. The summed E-state index contributed by atoms with van der Waals surface area (Å²) in [5.74, 6) is -1.54. The number of carboxylic acid groups (broad SMARTS) is 1. The fourth-order valence-corrected chi connectivity index (χ4v) is 2.79. The number of hydrogen-bond acceptors (Lipinski definition) is 1. The Balaban J connectivity index is 2.42. The quantitative estimate of drug-likeness (QED) is 0.888. The summed E-state index contributed by atoms with van der Waals surface area (Å²) in [6.07, 6.45) is 0.276. The van der Waals surface area contributed by atoms with Crippen LogP contribution in [0.4, 0.5) is 0 Å². The van der Waals surface area contributed by atoms with Crippen molar-refractivity contribution < 1.29 is 9.90 Å². The molecule has 0 spiro atoms. The molecule has 2 rings (SSSR count). The Hall–Kier alpha value is -1.51. The van der Waals surface area contributed by atoms with Crippen molar-refractivity contribution in [1.29, 1.82) is 0 Å². The van der Waals surface area contributed by atoms with Gasteiger partial charge in [-0.05, 0) is 42.2 Å². The minimum absolute atomic E-state index is 0.276. The average Bonchev–Trinajstić information content (AvgIpc) is 2.39. The van der Waals surface area contributed by atoms with Crippen LogP contribution in [0.25, 0.3) is 0 Å². The van der Waals surface area contributed by atoms with E-state index in [9.17, 15) is 9.90 Å². The molecule has 0 aliphatic carbocycles. The number of benzene rings is 2. The minimum Gasteiger partial charge on any atom is -0.481 e. The van der Waals surface area contributed by atoms with Gasteiger partial charge in [0.2, 0.25) is 0 Å². The van der Waals surface area contributed by atoms with Crippen LogP contribution < -0.4 is 0 Å². The molecule has 20 heavy (non-hydrogen) atoms. The Morgan fingerprint density at radius 2 is 1.70 bits per heavy atom. The number of rotatable bonds is 4. The number of aryl methyl sites for hydroxylation is 1. The van der Waals surface area contributed by atoms with Gasteiger partial charge in [-0.1, -0.05) is 53.5 Å². The van der Waals surface area contributed by atoms with Crippen LogP contribution in [0.3, 0.4) is 0 Å². The first kappa shape index (κ1) is 14.9. The summed E-state index contributed by atoms with van der Waals surface area (Å²) in [5.41, 5.74) is 2.41. The van der Waals surface area contributed by atoms with E-state index >= 15 is 0 Å². The Morgan fingerprint density at radius 3 is 2.25 bits per heavy atom. The fraction of sp³-hybridized carbons (Fsp3) is 0.188. The molecule has 0 radical (unpaired) electrons. The lowest BCUT2D eigenvalue weighted by Crippen LogP contribution is -2.16. The van der Waals surface area contributed by atoms with Gasteiger partial charge in [-0.25, -0.2) is 0 Å². The highest BCUT2D eigenvalue weighted by Crippen LogP contribution is 2.31. The molecule has 0 aliphatic rings. The zero-order valence-corrected chi connectivity index (χ0v) is 12.4. The molecule has 104 valence electrons. The molecule has 2 aromatic carbocycles. The van der Waals surface area contributed by atoms with Gasteiger partial charge in [0.1, 0.15) is 0 Å². The maximum absolute atomic E-state index is 11.6. The fourth-order valence-electron chi connectivity index (χ4n) is 2.24. The second-order valence-corrected chi connectivity index (χ2v) is 5.47. The van der Waals surface area contributed by atoms with Crippen molar-refractivity contribution in [2.24, 2.45) is 0 Å². The van der Waals surface area contributed by atoms with Crippen molar-refractivity contribution in [3.63, 3.8) is 0 Å². The van der Waals surface area contributed by atoms with Crippen LogP contribution in [-0.2, 0) is 11.2 Å². The van der Waals surface area contributed by atoms with Crippen LogP contribution in [0, 0.1) is 6.92 Å². The van der Waals surface area contributed by atoms with Crippen LogP contribution in [0.15, 0.2) is 42.5 Å². The van der Waals surface area contributed by atoms with E-state index in [2.05, 4.69) is 0 Å². The Bertz CT molecular complexity index is 618.